The van der Waals surface area contributed by atoms with Gasteiger partial charge in [-0.25, -0.2) is 15.0 Å². The molecule has 0 aliphatic heterocycles. The highest BCUT2D eigenvalue weighted by Gasteiger charge is 2.18. The third-order valence-corrected chi connectivity index (χ3v) is 5.32. The molecular formula is C24H25BN8O. The first-order chi connectivity index (χ1) is 16.5. The number of rotatable bonds is 8. The van der Waals surface area contributed by atoms with Crippen LogP contribution in [0.5, 0.6) is 0 Å². The maximum absolute atomic E-state index is 13.2. The molecule has 4 rings (SSSR count). The summed E-state index contributed by atoms with van der Waals surface area (Å²) in [5, 5.41) is 5.52. The second kappa shape index (κ2) is 10.3. The van der Waals surface area contributed by atoms with E-state index in [1.54, 1.807) is 24.8 Å². The van der Waals surface area contributed by atoms with Gasteiger partial charge in [-0.05, 0) is 24.6 Å². The number of carbonyl (C=O) groups is 1. The molecule has 0 spiro atoms. The Morgan fingerprint density at radius 1 is 1.12 bits per heavy atom. The van der Waals surface area contributed by atoms with Gasteiger partial charge in [0.15, 0.2) is 19.5 Å². The first-order valence-electron chi connectivity index (χ1n) is 10.9. The molecule has 170 valence electrons. The lowest BCUT2D eigenvalue weighted by molar-refractivity contribution is 0.102. The number of nitrogens with zero attached hydrogens (tertiary/aromatic N) is 5. The molecule has 0 saturated heterocycles. The Hall–Kier alpha value is -4.05. The van der Waals surface area contributed by atoms with Crippen LogP contribution in [0.15, 0.2) is 61.3 Å². The average Bonchev–Trinajstić information content (AvgIpc) is 3.34. The zero-order valence-corrected chi connectivity index (χ0v) is 19.1. The minimum atomic E-state index is -0.474. The predicted molar refractivity (Wildman–Crippen MR) is 133 cm³/mol. The molecule has 1 amide bonds. The molecule has 4 N–H and O–H groups in total. The lowest BCUT2D eigenvalue weighted by atomic mass is 10.1. The van der Waals surface area contributed by atoms with Crippen LogP contribution in [-0.2, 0) is 6.42 Å². The summed E-state index contributed by atoms with van der Waals surface area (Å²) in [5.41, 5.74) is 9.82. The fraction of sp³-hybridized carbons (Fsp3) is 0.208. The Morgan fingerprint density at radius 3 is 2.65 bits per heavy atom. The topological polar surface area (TPSA) is 124 Å². The Labute approximate surface area is 199 Å². The van der Waals surface area contributed by atoms with E-state index in [2.05, 4.69) is 44.3 Å². The highest BCUT2D eigenvalue weighted by Crippen LogP contribution is 2.25. The van der Waals surface area contributed by atoms with E-state index in [4.69, 9.17) is 13.7 Å². The van der Waals surface area contributed by atoms with Gasteiger partial charge >= 0.3 is 0 Å². The summed E-state index contributed by atoms with van der Waals surface area (Å²) in [5.74, 6) is 0.636. The monoisotopic (exact) mass is 452 g/mol. The van der Waals surface area contributed by atoms with Crippen LogP contribution in [0, 0.1) is 0 Å². The van der Waals surface area contributed by atoms with Crippen LogP contribution in [-0.4, -0.2) is 44.9 Å². The minimum Gasteiger partial charge on any atom is -0.382 e. The molecular weight excluding hydrogens is 427 g/mol. The van der Waals surface area contributed by atoms with Crippen molar-refractivity contribution in [3.63, 3.8) is 0 Å². The Morgan fingerprint density at radius 2 is 1.91 bits per heavy atom. The molecule has 3 heterocycles. The zero-order valence-electron chi connectivity index (χ0n) is 19.1. The molecule has 0 saturated carbocycles. The molecule has 0 fully saturated rings. The van der Waals surface area contributed by atoms with Crippen molar-refractivity contribution in [2.24, 2.45) is 0 Å². The van der Waals surface area contributed by atoms with Gasteiger partial charge < -0.3 is 20.8 Å². The van der Waals surface area contributed by atoms with E-state index in [1.807, 2.05) is 41.1 Å². The molecule has 34 heavy (non-hydrogen) atoms. The van der Waals surface area contributed by atoms with E-state index in [1.165, 1.54) is 0 Å². The van der Waals surface area contributed by atoms with Gasteiger partial charge in [-0.1, -0.05) is 38.1 Å². The summed E-state index contributed by atoms with van der Waals surface area (Å²) in [6.45, 7) is 4.79. The van der Waals surface area contributed by atoms with Crippen molar-refractivity contribution < 1.29 is 4.79 Å². The predicted octanol–water partition coefficient (Wildman–Crippen LogP) is 2.90. The van der Waals surface area contributed by atoms with E-state index in [9.17, 15) is 4.79 Å². The molecule has 0 aliphatic carbocycles. The maximum Gasteiger partial charge on any atom is 0.278 e. The average molecular weight is 452 g/mol. The Balaban J connectivity index is 1.61. The van der Waals surface area contributed by atoms with Crippen LogP contribution in [0.25, 0.3) is 16.9 Å². The highest BCUT2D eigenvalue weighted by molar-refractivity contribution is 6.06. The van der Waals surface area contributed by atoms with Crippen molar-refractivity contribution in [1.82, 2.24) is 29.7 Å². The number of nitrogens with two attached hydrogens (primary N) is 1. The Kier molecular flexibility index (Phi) is 6.98. The van der Waals surface area contributed by atoms with Crippen LogP contribution < -0.4 is 16.3 Å². The summed E-state index contributed by atoms with van der Waals surface area (Å²) in [6.07, 6.45) is 9.19. The lowest BCUT2D eigenvalue weighted by Gasteiger charge is -2.15. The number of nitrogen functional groups attached to an aromatic ring is 1. The number of benzene rings is 1. The van der Waals surface area contributed by atoms with Gasteiger partial charge in [0.1, 0.15) is 5.82 Å². The molecule has 0 atom stereocenters. The van der Waals surface area contributed by atoms with Gasteiger partial charge in [-0.2, -0.15) is 0 Å². The van der Waals surface area contributed by atoms with Gasteiger partial charge in [-0.15, -0.1) is 0 Å². The SMILES string of the molecule is [B]NCCc1ccc(-c2cnc(N)c(C(=O)Nc3cnccc3-n3ccnc3C(C)C)n2)cc1. The van der Waals surface area contributed by atoms with E-state index in [0.717, 1.165) is 29.1 Å². The molecule has 2 radical (unpaired) electrons. The van der Waals surface area contributed by atoms with E-state index in [0.29, 0.717) is 17.9 Å². The van der Waals surface area contributed by atoms with Crippen LogP contribution in [0.1, 0.15) is 41.6 Å². The molecule has 3 aromatic heterocycles. The number of hydrogen-bond acceptors (Lipinski definition) is 7. The standard InChI is InChI=1S/C24H25BN8O/c1-15(2)23-28-11-12-33(23)20-8-9-27-13-19(20)32-24(34)21-22(26)29-14-18(31-21)17-5-3-16(4-6-17)7-10-30-25/h3-6,8-9,11-15,30H,7,10H2,1-2H3,(H2,26,29)(H,32,34). The van der Waals surface area contributed by atoms with E-state index < -0.39 is 5.91 Å². The van der Waals surface area contributed by atoms with Gasteiger partial charge in [0, 0.05) is 30.1 Å². The van der Waals surface area contributed by atoms with Gasteiger partial charge in [-0.3, -0.25) is 9.78 Å². The summed E-state index contributed by atoms with van der Waals surface area (Å²) in [6, 6.07) is 9.66. The van der Waals surface area contributed by atoms with Crippen LogP contribution in [0.4, 0.5) is 11.5 Å². The first kappa shape index (κ1) is 23.1. The number of pyridine rings is 1. The first-order valence-corrected chi connectivity index (χ1v) is 10.9. The van der Waals surface area contributed by atoms with Crippen LogP contribution in [0.2, 0.25) is 0 Å². The van der Waals surface area contributed by atoms with Gasteiger partial charge in [0.05, 0.1) is 29.5 Å². The third-order valence-electron chi connectivity index (χ3n) is 5.32. The normalized spacial score (nSPS) is 11.0. The quantitative estimate of drug-likeness (QED) is 0.351. The minimum absolute atomic E-state index is 0.0402. The third kappa shape index (κ3) is 4.97. The number of carbonyl (C=O) groups excluding carboxylic acids is 1. The maximum atomic E-state index is 13.2. The summed E-state index contributed by atoms with van der Waals surface area (Å²) in [7, 11) is 5.34. The zero-order chi connectivity index (χ0) is 24.1. The summed E-state index contributed by atoms with van der Waals surface area (Å²) < 4.78 is 1.93. The second-order valence-electron chi connectivity index (χ2n) is 8.05. The largest absolute Gasteiger partial charge is 0.382 e. The number of aromatic nitrogens is 5. The number of anilines is 2. The molecule has 1 aromatic carbocycles. The molecule has 0 aliphatic rings. The van der Waals surface area contributed by atoms with Crippen molar-refractivity contribution in [2.75, 3.05) is 17.6 Å². The van der Waals surface area contributed by atoms with Gasteiger partial charge in [0.2, 0.25) is 0 Å². The van der Waals surface area contributed by atoms with Crippen LogP contribution in [0.3, 0.4) is 0 Å². The second-order valence-corrected chi connectivity index (χ2v) is 8.05. The highest BCUT2D eigenvalue weighted by atomic mass is 16.1. The molecule has 0 unspecified atom stereocenters. The summed E-state index contributed by atoms with van der Waals surface area (Å²) in [4.78, 5) is 30.5. The molecule has 9 nitrogen and oxygen atoms in total. The number of nitrogens with one attached hydrogen (secondary N) is 2. The van der Waals surface area contributed by atoms with E-state index >= 15 is 0 Å². The van der Waals surface area contributed by atoms with Crippen molar-refractivity contribution in [3.8, 4) is 16.9 Å². The fourth-order valence-corrected chi connectivity index (χ4v) is 3.58. The van der Waals surface area contributed by atoms with E-state index in [-0.39, 0.29) is 17.4 Å². The number of hydrogen-bond donors (Lipinski definition) is 3. The van der Waals surface area contributed by atoms with Crippen LogP contribution >= 0.6 is 0 Å². The summed E-state index contributed by atoms with van der Waals surface area (Å²) >= 11 is 0. The molecule has 4 aromatic rings. The van der Waals surface area contributed by atoms with Crippen molar-refractivity contribution in [1.29, 1.82) is 0 Å². The number of amides is 1. The fourth-order valence-electron chi connectivity index (χ4n) is 3.58. The van der Waals surface area contributed by atoms with Crippen molar-refractivity contribution in [2.45, 2.75) is 26.2 Å². The lowest BCUT2D eigenvalue weighted by Crippen LogP contribution is -2.19. The molecule has 0 bridgehead atoms. The van der Waals surface area contributed by atoms with Gasteiger partial charge in [0.25, 0.3) is 5.91 Å². The Bertz CT molecular complexity index is 1290. The smallest absolute Gasteiger partial charge is 0.278 e. The molecule has 10 heteroatoms. The van der Waals surface area contributed by atoms with Crippen molar-refractivity contribution >= 4 is 25.4 Å². The number of imidazole rings is 1. The van der Waals surface area contributed by atoms with Crippen molar-refractivity contribution in [3.05, 3.63) is 78.4 Å².